The summed E-state index contributed by atoms with van der Waals surface area (Å²) in [6.45, 7) is 0.473. The molecule has 1 saturated heterocycles. The molecule has 1 aliphatic rings. The Kier molecular flexibility index (Phi) is 3.40. The van der Waals surface area contributed by atoms with Crippen molar-refractivity contribution in [2.75, 3.05) is 18.1 Å². The Balaban J connectivity index is 1.98. The topological polar surface area (TPSA) is 73.4 Å². The van der Waals surface area contributed by atoms with Crippen molar-refractivity contribution in [3.05, 3.63) is 36.0 Å². The van der Waals surface area contributed by atoms with E-state index in [1.54, 1.807) is 30.1 Å². The third-order valence-corrected chi connectivity index (χ3v) is 4.52. The lowest BCUT2D eigenvalue weighted by molar-refractivity contribution is -0.141. The lowest BCUT2D eigenvalue weighted by atomic mass is 10.1. The van der Waals surface area contributed by atoms with Gasteiger partial charge in [0.25, 0.3) is 5.91 Å². The monoisotopic (exact) mass is 290 g/mol. The van der Waals surface area contributed by atoms with Gasteiger partial charge in [0.1, 0.15) is 6.04 Å². The summed E-state index contributed by atoms with van der Waals surface area (Å²) in [5.41, 5.74) is 1.44. The molecule has 2 N–H and O–H groups in total. The van der Waals surface area contributed by atoms with E-state index in [9.17, 15) is 14.7 Å². The maximum Gasteiger partial charge on any atom is 0.327 e. The summed E-state index contributed by atoms with van der Waals surface area (Å²) in [4.78, 5) is 28.5. The number of thioether (sulfide) groups is 1. The number of nitrogens with one attached hydrogen (secondary N) is 1. The summed E-state index contributed by atoms with van der Waals surface area (Å²) >= 11 is 1.57. The number of rotatable bonds is 2. The average Bonchev–Trinajstić information content (AvgIpc) is 2.94. The highest BCUT2D eigenvalue weighted by atomic mass is 32.2. The van der Waals surface area contributed by atoms with Gasteiger partial charge in [0.2, 0.25) is 0 Å². The van der Waals surface area contributed by atoms with Crippen LogP contribution in [-0.2, 0) is 4.79 Å². The number of carboxylic acid groups (broad SMARTS) is 1. The second-order valence-electron chi connectivity index (χ2n) is 4.67. The van der Waals surface area contributed by atoms with Crippen LogP contribution in [0.25, 0.3) is 10.9 Å². The highest BCUT2D eigenvalue weighted by Gasteiger charge is 2.33. The SMILES string of the molecule is O=C(O)C1CSCCN1C(=O)c1cccc2[nH]ccc12. The van der Waals surface area contributed by atoms with Crippen LogP contribution in [0.2, 0.25) is 0 Å². The number of amides is 1. The van der Waals surface area contributed by atoms with Gasteiger partial charge in [-0.25, -0.2) is 4.79 Å². The van der Waals surface area contributed by atoms with E-state index in [0.717, 1.165) is 16.7 Å². The fourth-order valence-electron chi connectivity index (χ4n) is 2.48. The molecule has 1 amide bonds. The minimum absolute atomic E-state index is 0.206. The zero-order valence-corrected chi connectivity index (χ0v) is 11.5. The van der Waals surface area contributed by atoms with Gasteiger partial charge in [0.15, 0.2) is 0 Å². The van der Waals surface area contributed by atoms with E-state index in [0.29, 0.717) is 17.9 Å². The number of aliphatic carboxylic acids is 1. The lowest BCUT2D eigenvalue weighted by Gasteiger charge is -2.32. The molecule has 0 radical (unpaired) electrons. The summed E-state index contributed by atoms with van der Waals surface area (Å²) in [5.74, 6) is 0.0812. The molecule has 20 heavy (non-hydrogen) atoms. The molecular formula is C14H14N2O3S. The fraction of sp³-hybridized carbons (Fsp3) is 0.286. The van der Waals surface area contributed by atoms with Crippen LogP contribution in [0.1, 0.15) is 10.4 Å². The van der Waals surface area contributed by atoms with E-state index < -0.39 is 12.0 Å². The number of carboxylic acids is 1. The molecule has 0 bridgehead atoms. The van der Waals surface area contributed by atoms with Gasteiger partial charge in [-0.15, -0.1) is 0 Å². The predicted octanol–water partition coefficient (Wildman–Crippen LogP) is 1.81. The first-order valence-electron chi connectivity index (χ1n) is 6.36. The number of hydrogen-bond donors (Lipinski definition) is 2. The number of aromatic nitrogens is 1. The van der Waals surface area contributed by atoms with Crippen LogP contribution in [0.4, 0.5) is 0 Å². The van der Waals surface area contributed by atoms with Crippen LogP contribution in [-0.4, -0.2) is 51.0 Å². The molecule has 1 aromatic carbocycles. The first kappa shape index (κ1) is 13.1. The Morgan fingerprint density at radius 2 is 2.20 bits per heavy atom. The quantitative estimate of drug-likeness (QED) is 0.884. The van der Waals surface area contributed by atoms with Crippen LogP contribution in [0.3, 0.4) is 0 Å². The van der Waals surface area contributed by atoms with E-state index in [-0.39, 0.29) is 5.91 Å². The number of nitrogens with zero attached hydrogens (tertiary/aromatic N) is 1. The van der Waals surface area contributed by atoms with Crippen molar-refractivity contribution < 1.29 is 14.7 Å². The second kappa shape index (κ2) is 5.20. The number of carbonyl (C=O) groups excluding carboxylic acids is 1. The number of carbonyl (C=O) groups is 2. The van der Waals surface area contributed by atoms with Crippen molar-refractivity contribution in [2.45, 2.75) is 6.04 Å². The smallest absolute Gasteiger partial charge is 0.327 e. The maximum atomic E-state index is 12.7. The minimum Gasteiger partial charge on any atom is -0.480 e. The highest BCUT2D eigenvalue weighted by molar-refractivity contribution is 7.99. The summed E-state index contributed by atoms with van der Waals surface area (Å²) in [6.07, 6.45) is 1.78. The molecule has 2 aromatic rings. The third-order valence-electron chi connectivity index (χ3n) is 3.50. The van der Waals surface area contributed by atoms with Crippen LogP contribution in [0, 0.1) is 0 Å². The van der Waals surface area contributed by atoms with Crippen molar-refractivity contribution in [3.8, 4) is 0 Å². The number of benzene rings is 1. The maximum absolute atomic E-state index is 12.7. The van der Waals surface area contributed by atoms with Crippen LogP contribution >= 0.6 is 11.8 Å². The van der Waals surface area contributed by atoms with Gasteiger partial charge < -0.3 is 15.0 Å². The molecule has 1 fully saturated rings. The zero-order chi connectivity index (χ0) is 14.1. The minimum atomic E-state index is -0.938. The van der Waals surface area contributed by atoms with Crippen molar-refractivity contribution >= 4 is 34.5 Å². The van der Waals surface area contributed by atoms with Crippen molar-refractivity contribution in [1.82, 2.24) is 9.88 Å². The van der Waals surface area contributed by atoms with Crippen LogP contribution < -0.4 is 0 Å². The lowest BCUT2D eigenvalue weighted by Crippen LogP contribution is -2.50. The Labute approximate surface area is 120 Å². The first-order chi connectivity index (χ1) is 9.68. The molecule has 1 aliphatic heterocycles. The van der Waals surface area contributed by atoms with Crippen molar-refractivity contribution in [3.63, 3.8) is 0 Å². The molecule has 0 saturated carbocycles. The van der Waals surface area contributed by atoms with Gasteiger partial charge in [0, 0.05) is 40.7 Å². The number of hydrogen-bond acceptors (Lipinski definition) is 3. The largest absolute Gasteiger partial charge is 0.480 e. The molecule has 0 spiro atoms. The van der Waals surface area contributed by atoms with Gasteiger partial charge in [-0.3, -0.25) is 4.79 Å². The molecule has 6 heteroatoms. The Bertz CT molecular complexity index is 667. The number of H-pyrrole nitrogens is 1. The standard InChI is InChI=1S/C14H14N2O3S/c17-13(16-6-7-20-8-12(16)14(18)19)10-2-1-3-11-9(10)4-5-15-11/h1-5,12,15H,6-8H2,(H,18,19). The van der Waals surface area contributed by atoms with E-state index in [2.05, 4.69) is 4.98 Å². The van der Waals surface area contributed by atoms with Gasteiger partial charge in [-0.2, -0.15) is 11.8 Å². The molecule has 1 unspecified atom stereocenters. The Morgan fingerprint density at radius 1 is 1.35 bits per heavy atom. The van der Waals surface area contributed by atoms with Gasteiger partial charge >= 0.3 is 5.97 Å². The Hall–Kier alpha value is -1.95. The van der Waals surface area contributed by atoms with Crippen LogP contribution in [0.5, 0.6) is 0 Å². The zero-order valence-electron chi connectivity index (χ0n) is 10.7. The van der Waals surface area contributed by atoms with Gasteiger partial charge in [-0.1, -0.05) is 6.07 Å². The van der Waals surface area contributed by atoms with E-state index >= 15 is 0 Å². The Morgan fingerprint density at radius 3 is 3.00 bits per heavy atom. The highest BCUT2D eigenvalue weighted by Crippen LogP contribution is 2.23. The second-order valence-corrected chi connectivity index (χ2v) is 5.82. The molecule has 0 aliphatic carbocycles. The summed E-state index contributed by atoms with van der Waals surface area (Å²) < 4.78 is 0. The molecule has 2 heterocycles. The third kappa shape index (κ3) is 2.16. The molecular weight excluding hydrogens is 276 g/mol. The molecule has 1 atom stereocenters. The normalized spacial score (nSPS) is 19.2. The van der Waals surface area contributed by atoms with E-state index in [1.165, 1.54) is 4.90 Å². The fourth-order valence-corrected chi connectivity index (χ4v) is 3.52. The van der Waals surface area contributed by atoms with E-state index in [4.69, 9.17) is 0 Å². The molecule has 104 valence electrons. The van der Waals surface area contributed by atoms with Crippen LogP contribution in [0.15, 0.2) is 30.5 Å². The van der Waals surface area contributed by atoms with Gasteiger partial charge in [0.05, 0.1) is 0 Å². The molecule has 1 aromatic heterocycles. The first-order valence-corrected chi connectivity index (χ1v) is 7.51. The molecule has 3 rings (SSSR count). The predicted molar refractivity (Wildman–Crippen MR) is 78.1 cm³/mol. The van der Waals surface area contributed by atoms with Gasteiger partial charge in [-0.05, 0) is 18.2 Å². The average molecular weight is 290 g/mol. The summed E-state index contributed by atoms with van der Waals surface area (Å²) in [5, 5.41) is 10.1. The van der Waals surface area contributed by atoms with Crippen molar-refractivity contribution in [1.29, 1.82) is 0 Å². The number of fused-ring (bicyclic) bond motifs is 1. The summed E-state index contributed by atoms with van der Waals surface area (Å²) in [7, 11) is 0. The molecule has 5 nitrogen and oxygen atoms in total. The van der Waals surface area contributed by atoms with E-state index in [1.807, 2.05) is 12.1 Å². The summed E-state index contributed by atoms with van der Waals surface area (Å²) in [6, 6.07) is 6.55. The van der Waals surface area contributed by atoms with Crippen molar-refractivity contribution in [2.24, 2.45) is 0 Å². The number of aromatic amines is 1.